The van der Waals surface area contributed by atoms with Crippen molar-refractivity contribution in [2.24, 2.45) is 0 Å². The van der Waals surface area contributed by atoms with Crippen LogP contribution in [0.2, 0.25) is 0 Å². The van der Waals surface area contributed by atoms with E-state index in [0.717, 1.165) is 71.3 Å². The van der Waals surface area contributed by atoms with E-state index in [-0.39, 0.29) is 5.91 Å². The van der Waals surface area contributed by atoms with Gasteiger partial charge in [-0.1, -0.05) is 30.3 Å². The van der Waals surface area contributed by atoms with E-state index < -0.39 is 0 Å². The van der Waals surface area contributed by atoms with Gasteiger partial charge in [0.25, 0.3) is 0 Å². The maximum absolute atomic E-state index is 12.7. The third kappa shape index (κ3) is 5.37. The lowest BCUT2D eigenvalue weighted by molar-refractivity contribution is -0.131. The van der Waals surface area contributed by atoms with Crippen molar-refractivity contribution < 1.29 is 4.79 Å². The highest BCUT2D eigenvalue weighted by atomic mass is 16.2. The molecule has 2 aliphatic heterocycles. The van der Waals surface area contributed by atoms with Crippen LogP contribution < -0.4 is 4.90 Å². The Morgan fingerprint density at radius 2 is 1.57 bits per heavy atom. The maximum Gasteiger partial charge on any atom is 0.223 e. The Hall–Kier alpha value is -2.44. The van der Waals surface area contributed by atoms with Gasteiger partial charge >= 0.3 is 0 Å². The first kappa shape index (κ1) is 20.8. The average Bonchev–Trinajstić information content (AvgIpc) is 2.80. The summed E-state index contributed by atoms with van der Waals surface area (Å²) < 4.78 is 0. The van der Waals surface area contributed by atoms with Crippen molar-refractivity contribution in [2.45, 2.75) is 19.9 Å². The Labute approximate surface area is 180 Å². The van der Waals surface area contributed by atoms with Crippen LogP contribution in [0.4, 0.5) is 5.82 Å². The molecule has 0 aliphatic carbocycles. The third-order valence-corrected chi connectivity index (χ3v) is 6.37. The van der Waals surface area contributed by atoms with Gasteiger partial charge in [-0.15, -0.1) is 0 Å². The molecule has 0 N–H and O–H groups in total. The highest BCUT2D eigenvalue weighted by Gasteiger charge is 2.23. The minimum atomic E-state index is 0.290. The number of benzene rings is 1. The average molecular weight is 408 g/mol. The molecule has 0 atom stereocenters. The molecule has 6 nitrogen and oxygen atoms in total. The number of carbonyl (C=O) groups excluding carboxylic acids is 1. The number of hydrogen-bond acceptors (Lipinski definition) is 5. The SMILES string of the molecule is Cc1ccccc1CN1CCN(CCC(=O)N2CCN(c3ccccn3)CC2)CC1. The van der Waals surface area contributed by atoms with E-state index in [0.29, 0.717) is 6.42 Å². The lowest BCUT2D eigenvalue weighted by Gasteiger charge is -2.37. The first-order valence-electron chi connectivity index (χ1n) is 11.1. The van der Waals surface area contributed by atoms with Crippen molar-refractivity contribution in [3.63, 3.8) is 0 Å². The Balaban J connectivity index is 1.15. The van der Waals surface area contributed by atoms with Gasteiger partial charge in [-0.2, -0.15) is 0 Å². The second-order valence-electron chi connectivity index (χ2n) is 8.35. The molecule has 6 heteroatoms. The number of rotatable bonds is 6. The number of pyridine rings is 1. The lowest BCUT2D eigenvalue weighted by atomic mass is 10.1. The summed E-state index contributed by atoms with van der Waals surface area (Å²) in [6.45, 7) is 11.6. The molecule has 1 amide bonds. The van der Waals surface area contributed by atoms with Crippen LogP contribution in [-0.2, 0) is 11.3 Å². The highest BCUT2D eigenvalue weighted by Crippen LogP contribution is 2.15. The Morgan fingerprint density at radius 3 is 2.27 bits per heavy atom. The van der Waals surface area contributed by atoms with Gasteiger partial charge in [0.2, 0.25) is 5.91 Å². The molecule has 0 radical (unpaired) electrons. The van der Waals surface area contributed by atoms with E-state index in [4.69, 9.17) is 0 Å². The lowest BCUT2D eigenvalue weighted by Crippen LogP contribution is -2.50. The smallest absolute Gasteiger partial charge is 0.223 e. The molecule has 0 bridgehead atoms. The van der Waals surface area contributed by atoms with Gasteiger partial charge in [0.05, 0.1) is 0 Å². The predicted octanol–water partition coefficient (Wildman–Crippen LogP) is 2.25. The molecule has 3 heterocycles. The molecule has 2 aromatic rings. The number of hydrogen-bond donors (Lipinski definition) is 0. The van der Waals surface area contributed by atoms with E-state index in [9.17, 15) is 4.79 Å². The summed E-state index contributed by atoms with van der Waals surface area (Å²) in [4.78, 5) is 26.3. The van der Waals surface area contributed by atoms with Crippen LogP contribution in [0.25, 0.3) is 0 Å². The molecular formula is C24H33N5O. The second kappa shape index (κ2) is 10.0. The van der Waals surface area contributed by atoms with Crippen molar-refractivity contribution in [1.29, 1.82) is 0 Å². The first-order chi connectivity index (χ1) is 14.7. The van der Waals surface area contributed by atoms with E-state index >= 15 is 0 Å². The fraction of sp³-hybridized carbons (Fsp3) is 0.500. The molecule has 30 heavy (non-hydrogen) atoms. The molecule has 0 saturated carbocycles. The summed E-state index contributed by atoms with van der Waals surface area (Å²) in [5.41, 5.74) is 2.79. The van der Waals surface area contributed by atoms with Crippen LogP contribution in [0.3, 0.4) is 0 Å². The zero-order chi connectivity index (χ0) is 20.8. The van der Waals surface area contributed by atoms with E-state index in [1.165, 1.54) is 11.1 Å². The summed E-state index contributed by atoms with van der Waals surface area (Å²) in [6.07, 6.45) is 2.45. The first-order valence-corrected chi connectivity index (χ1v) is 11.1. The number of piperazine rings is 2. The van der Waals surface area contributed by atoms with Gasteiger partial charge in [0.1, 0.15) is 5.82 Å². The summed E-state index contributed by atoms with van der Waals surface area (Å²) in [7, 11) is 0. The van der Waals surface area contributed by atoms with E-state index in [2.05, 4.69) is 50.9 Å². The summed E-state index contributed by atoms with van der Waals surface area (Å²) in [6, 6.07) is 14.6. The number of amides is 1. The molecule has 1 aromatic heterocycles. The van der Waals surface area contributed by atoms with Crippen molar-refractivity contribution in [3.05, 3.63) is 59.8 Å². The standard InChI is InChI=1S/C24H33N5O/c1-21-6-2-3-7-22(21)20-27-14-12-26(13-15-27)11-9-24(30)29-18-16-28(17-19-29)23-8-4-5-10-25-23/h2-8,10H,9,11-20H2,1H3. The molecule has 160 valence electrons. The number of aromatic nitrogens is 1. The number of nitrogens with zero attached hydrogens (tertiary/aromatic N) is 5. The summed E-state index contributed by atoms with van der Waals surface area (Å²) in [5, 5.41) is 0. The molecule has 0 unspecified atom stereocenters. The van der Waals surface area contributed by atoms with E-state index in [1.807, 2.05) is 29.3 Å². The topological polar surface area (TPSA) is 42.9 Å². The minimum Gasteiger partial charge on any atom is -0.353 e. The summed E-state index contributed by atoms with van der Waals surface area (Å²) in [5.74, 6) is 1.30. The quantitative estimate of drug-likeness (QED) is 0.735. The van der Waals surface area contributed by atoms with Crippen molar-refractivity contribution >= 4 is 11.7 Å². The number of carbonyl (C=O) groups is 1. The van der Waals surface area contributed by atoms with E-state index in [1.54, 1.807) is 0 Å². The third-order valence-electron chi connectivity index (χ3n) is 6.37. The van der Waals surface area contributed by atoms with Crippen molar-refractivity contribution in [1.82, 2.24) is 19.7 Å². The Bertz CT molecular complexity index is 811. The Kier molecular flexibility index (Phi) is 6.97. The monoisotopic (exact) mass is 407 g/mol. The van der Waals surface area contributed by atoms with Gasteiger partial charge in [0.15, 0.2) is 0 Å². The van der Waals surface area contributed by atoms with Gasteiger partial charge in [-0.05, 0) is 30.2 Å². The normalized spacial score (nSPS) is 18.6. The molecule has 2 saturated heterocycles. The van der Waals surface area contributed by atoms with Crippen molar-refractivity contribution in [3.8, 4) is 0 Å². The molecule has 2 aliphatic rings. The zero-order valence-electron chi connectivity index (χ0n) is 18.0. The fourth-order valence-electron chi connectivity index (χ4n) is 4.34. The fourth-order valence-corrected chi connectivity index (χ4v) is 4.34. The van der Waals surface area contributed by atoms with Crippen LogP contribution in [0.1, 0.15) is 17.5 Å². The Morgan fingerprint density at radius 1 is 0.867 bits per heavy atom. The number of anilines is 1. The largest absolute Gasteiger partial charge is 0.353 e. The molecule has 0 spiro atoms. The summed E-state index contributed by atoms with van der Waals surface area (Å²) >= 11 is 0. The van der Waals surface area contributed by atoms with Crippen LogP contribution in [0.5, 0.6) is 0 Å². The molecule has 1 aromatic carbocycles. The molecule has 2 fully saturated rings. The van der Waals surface area contributed by atoms with Gasteiger partial charge in [-0.25, -0.2) is 4.98 Å². The molecular weight excluding hydrogens is 374 g/mol. The van der Waals surface area contributed by atoms with Gasteiger partial charge in [-0.3, -0.25) is 9.69 Å². The van der Waals surface area contributed by atoms with Crippen LogP contribution >= 0.6 is 0 Å². The van der Waals surface area contributed by atoms with Crippen LogP contribution in [0.15, 0.2) is 48.7 Å². The predicted molar refractivity (Wildman–Crippen MR) is 121 cm³/mol. The highest BCUT2D eigenvalue weighted by molar-refractivity contribution is 5.76. The van der Waals surface area contributed by atoms with Crippen LogP contribution in [0, 0.1) is 6.92 Å². The maximum atomic E-state index is 12.7. The van der Waals surface area contributed by atoms with Crippen molar-refractivity contribution in [2.75, 3.05) is 63.8 Å². The minimum absolute atomic E-state index is 0.290. The van der Waals surface area contributed by atoms with Gasteiger partial charge in [0, 0.05) is 78.1 Å². The van der Waals surface area contributed by atoms with Crippen LogP contribution in [-0.4, -0.2) is 84.5 Å². The molecule has 4 rings (SSSR count). The second-order valence-corrected chi connectivity index (χ2v) is 8.35. The van der Waals surface area contributed by atoms with Gasteiger partial charge < -0.3 is 14.7 Å². The zero-order valence-corrected chi connectivity index (χ0v) is 18.0. The number of aryl methyl sites for hydroxylation is 1.